The van der Waals surface area contributed by atoms with Crippen LogP contribution < -0.4 is 0 Å². The highest BCUT2D eigenvalue weighted by Crippen LogP contribution is 2.67. The number of hydrogen-bond donors (Lipinski definition) is 1. The van der Waals surface area contributed by atoms with Crippen molar-refractivity contribution in [3.63, 3.8) is 0 Å². The quantitative estimate of drug-likeness (QED) is 0.796. The maximum Gasteiger partial charge on any atom is 0.174 e. The van der Waals surface area contributed by atoms with Crippen LogP contribution >= 0.6 is 11.6 Å². The van der Waals surface area contributed by atoms with Crippen molar-refractivity contribution >= 4 is 23.2 Å². The van der Waals surface area contributed by atoms with Crippen molar-refractivity contribution in [3.8, 4) is 0 Å². The maximum absolute atomic E-state index is 12.3. The minimum absolute atomic E-state index is 0.0321. The molecule has 4 rings (SSSR count). The Kier molecular flexibility index (Phi) is 4.20. The van der Waals surface area contributed by atoms with Crippen LogP contribution in [0.4, 0.5) is 0 Å². The van der Waals surface area contributed by atoms with Gasteiger partial charge in [-0.2, -0.15) is 0 Å². The van der Waals surface area contributed by atoms with Crippen molar-refractivity contribution in [2.75, 3.05) is 6.61 Å². The SMILES string of the molecule is C[C@]12CC[C@H]3[C@@H](CCC4=C(Cl)C(=O)CC[C@@]43C)[C@@H]1CC[C@@H]2C(=O)CO. The van der Waals surface area contributed by atoms with Gasteiger partial charge >= 0.3 is 0 Å². The van der Waals surface area contributed by atoms with Gasteiger partial charge in [0.05, 0.1) is 5.03 Å². The third-order valence-electron chi connectivity index (χ3n) is 8.60. The Morgan fingerprint density at radius 1 is 1.12 bits per heavy atom. The molecule has 0 heterocycles. The van der Waals surface area contributed by atoms with Gasteiger partial charge in [-0.05, 0) is 79.1 Å². The minimum atomic E-state index is -0.316. The summed E-state index contributed by atoms with van der Waals surface area (Å²) >= 11 is 6.44. The zero-order valence-electron chi connectivity index (χ0n) is 15.3. The number of Topliss-reactive ketones (excluding diaryl/α,β-unsaturated/α-hetero) is 2. The summed E-state index contributed by atoms with van der Waals surface area (Å²) in [7, 11) is 0. The molecule has 0 aliphatic heterocycles. The van der Waals surface area contributed by atoms with Crippen molar-refractivity contribution < 1.29 is 14.7 Å². The van der Waals surface area contributed by atoms with Gasteiger partial charge in [-0.15, -0.1) is 0 Å². The van der Waals surface area contributed by atoms with Gasteiger partial charge in [-0.3, -0.25) is 9.59 Å². The fraction of sp³-hybridized carbons (Fsp3) is 0.810. The van der Waals surface area contributed by atoms with Crippen LogP contribution in [0.3, 0.4) is 0 Å². The molecule has 3 saturated carbocycles. The molecular formula is C21H29ClO3. The number of carbonyl (C=O) groups excluding carboxylic acids is 2. The highest BCUT2D eigenvalue weighted by Gasteiger charge is 2.60. The monoisotopic (exact) mass is 364 g/mol. The molecule has 3 fully saturated rings. The van der Waals surface area contributed by atoms with Gasteiger partial charge in [0, 0.05) is 12.3 Å². The Balaban J connectivity index is 1.67. The number of hydrogen-bond acceptors (Lipinski definition) is 3. The highest BCUT2D eigenvalue weighted by atomic mass is 35.5. The maximum atomic E-state index is 12.3. The van der Waals surface area contributed by atoms with Crippen LogP contribution in [0.25, 0.3) is 0 Å². The summed E-state index contributed by atoms with van der Waals surface area (Å²) in [4.78, 5) is 24.4. The fourth-order valence-electron chi connectivity index (χ4n) is 7.29. The second-order valence-electron chi connectivity index (χ2n) is 9.35. The molecule has 0 aromatic rings. The van der Waals surface area contributed by atoms with E-state index in [1.165, 1.54) is 5.57 Å². The molecule has 25 heavy (non-hydrogen) atoms. The number of aliphatic hydroxyl groups is 1. The fourth-order valence-corrected chi connectivity index (χ4v) is 7.69. The van der Waals surface area contributed by atoms with Gasteiger partial charge in [-0.25, -0.2) is 0 Å². The lowest BCUT2D eigenvalue weighted by molar-refractivity contribution is -0.133. The van der Waals surface area contributed by atoms with Gasteiger partial charge in [-0.1, -0.05) is 25.4 Å². The normalized spacial score (nSPS) is 46.5. The molecule has 0 spiro atoms. The van der Waals surface area contributed by atoms with Crippen molar-refractivity contribution in [1.82, 2.24) is 0 Å². The summed E-state index contributed by atoms with van der Waals surface area (Å²) in [5, 5.41) is 9.91. The first-order chi connectivity index (χ1) is 11.8. The number of allylic oxidation sites excluding steroid dienone is 1. The van der Waals surface area contributed by atoms with Gasteiger partial charge in [0.1, 0.15) is 6.61 Å². The molecule has 0 amide bonds. The van der Waals surface area contributed by atoms with Crippen molar-refractivity contribution in [1.29, 1.82) is 0 Å². The van der Waals surface area contributed by atoms with Crippen LogP contribution in [-0.4, -0.2) is 23.3 Å². The number of ketones is 2. The average Bonchev–Trinajstić information content (AvgIpc) is 2.95. The Bertz CT molecular complexity index is 654. The summed E-state index contributed by atoms with van der Waals surface area (Å²) in [5.74, 6) is 1.98. The van der Waals surface area contributed by atoms with Crippen LogP contribution in [0.5, 0.6) is 0 Å². The van der Waals surface area contributed by atoms with Crippen LogP contribution in [0.1, 0.15) is 65.2 Å². The van der Waals surface area contributed by atoms with E-state index in [0.29, 0.717) is 29.2 Å². The van der Waals surface area contributed by atoms with E-state index >= 15 is 0 Å². The summed E-state index contributed by atoms with van der Waals surface area (Å²) in [6, 6.07) is 0. The molecule has 1 N–H and O–H groups in total. The van der Waals surface area contributed by atoms with Gasteiger partial charge in [0.15, 0.2) is 11.6 Å². The standard InChI is InChI=1S/C21H29ClO3/c1-20-9-7-14-12(13(20)5-6-15(20)18(25)11-23)3-4-16-19(22)17(24)8-10-21(14,16)2/h12-15,23H,3-11H2,1-2H3/t12-,13-,14-,15+,20-,21+/m0/s1. The van der Waals surface area contributed by atoms with E-state index in [2.05, 4.69) is 13.8 Å². The lowest BCUT2D eigenvalue weighted by Crippen LogP contribution is -2.51. The predicted molar refractivity (Wildman–Crippen MR) is 97.1 cm³/mol. The first-order valence-electron chi connectivity index (χ1n) is 9.89. The molecule has 0 aromatic heterocycles. The minimum Gasteiger partial charge on any atom is -0.389 e. The van der Waals surface area contributed by atoms with E-state index in [1.807, 2.05) is 0 Å². The van der Waals surface area contributed by atoms with Crippen LogP contribution in [0.15, 0.2) is 10.6 Å². The molecule has 4 heteroatoms. The Labute approximate surface area is 155 Å². The number of carbonyl (C=O) groups is 2. The number of aliphatic hydroxyl groups excluding tert-OH is 1. The molecule has 0 bridgehead atoms. The molecule has 138 valence electrons. The van der Waals surface area contributed by atoms with E-state index < -0.39 is 0 Å². The van der Waals surface area contributed by atoms with E-state index in [1.54, 1.807) is 0 Å². The lowest BCUT2D eigenvalue weighted by atomic mass is 9.46. The second kappa shape index (κ2) is 5.92. The van der Waals surface area contributed by atoms with E-state index in [0.717, 1.165) is 44.9 Å². The van der Waals surface area contributed by atoms with Gasteiger partial charge in [0.2, 0.25) is 0 Å². The molecule has 4 aliphatic rings. The zero-order valence-corrected chi connectivity index (χ0v) is 16.1. The van der Waals surface area contributed by atoms with Gasteiger partial charge < -0.3 is 5.11 Å². The average molecular weight is 365 g/mol. The van der Waals surface area contributed by atoms with Crippen LogP contribution in [0.2, 0.25) is 0 Å². The second-order valence-corrected chi connectivity index (χ2v) is 9.73. The van der Waals surface area contributed by atoms with Gasteiger partial charge in [0.25, 0.3) is 0 Å². The Hall–Kier alpha value is -0.670. The summed E-state index contributed by atoms with van der Waals surface area (Å²) in [6.07, 6.45) is 7.76. The third-order valence-corrected chi connectivity index (χ3v) is 9.04. The third kappa shape index (κ3) is 2.34. The molecular weight excluding hydrogens is 336 g/mol. The smallest absolute Gasteiger partial charge is 0.174 e. The number of rotatable bonds is 2. The molecule has 4 aliphatic carbocycles. The van der Waals surface area contributed by atoms with E-state index in [4.69, 9.17) is 11.6 Å². The van der Waals surface area contributed by atoms with Crippen molar-refractivity contribution in [3.05, 3.63) is 10.6 Å². The number of halogens is 1. The highest BCUT2D eigenvalue weighted by molar-refractivity contribution is 6.43. The first kappa shape index (κ1) is 17.7. The molecule has 0 saturated heterocycles. The Morgan fingerprint density at radius 2 is 1.88 bits per heavy atom. The van der Waals surface area contributed by atoms with E-state index in [9.17, 15) is 14.7 Å². The Morgan fingerprint density at radius 3 is 2.60 bits per heavy atom. The van der Waals surface area contributed by atoms with E-state index in [-0.39, 0.29) is 34.9 Å². The first-order valence-corrected chi connectivity index (χ1v) is 10.3. The predicted octanol–water partition coefficient (Wildman–Crippen LogP) is 4.26. The molecule has 3 nitrogen and oxygen atoms in total. The molecule has 0 radical (unpaired) electrons. The molecule has 0 unspecified atom stereocenters. The molecule has 6 atom stereocenters. The molecule has 0 aromatic carbocycles. The summed E-state index contributed by atoms with van der Waals surface area (Å²) in [5.41, 5.74) is 1.33. The number of fused-ring (bicyclic) bond motifs is 5. The van der Waals surface area contributed by atoms with Crippen LogP contribution in [0, 0.1) is 34.5 Å². The summed E-state index contributed by atoms with van der Waals surface area (Å²) in [6.45, 7) is 4.32. The van der Waals surface area contributed by atoms with Crippen molar-refractivity contribution in [2.24, 2.45) is 34.5 Å². The summed E-state index contributed by atoms with van der Waals surface area (Å²) < 4.78 is 0. The lowest BCUT2D eigenvalue weighted by Gasteiger charge is -2.58. The zero-order chi connectivity index (χ0) is 18.0. The topological polar surface area (TPSA) is 54.4 Å². The van der Waals surface area contributed by atoms with Crippen molar-refractivity contribution in [2.45, 2.75) is 65.2 Å². The van der Waals surface area contributed by atoms with Crippen LogP contribution in [-0.2, 0) is 9.59 Å². The largest absolute Gasteiger partial charge is 0.389 e.